The summed E-state index contributed by atoms with van der Waals surface area (Å²) in [6.45, 7) is 3.03. The van der Waals surface area contributed by atoms with E-state index in [4.69, 9.17) is 18.9 Å². The molecular formula is C27H28F3NO6. The van der Waals surface area contributed by atoms with Gasteiger partial charge in [-0.1, -0.05) is 24.3 Å². The van der Waals surface area contributed by atoms with Gasteiger partial charge in [-0.3, -0.25) is 0 Å². The first-order valence-corrected chi connectivity index (χ1v) is 11.3. The Morgan fingerprint density at radius 2 is 1.51 bits per heavy atom. The number of dihydropyridines is 1. The van der Waals surface area contributed by atoms with Crippen molar-refractivity contribution in [2.45, 2.75) is 32.4 Å². The Morgan fingerprint density at radius 1 is 0.892 bits per heavy atom. The van der Waals surface area contributed by atoms with Gasteiger partial charge >= 0.3 is 18.1 Å². The van der Waals surface area contributed by atoms with E-state index in [1.165, 1.54) is 39.3 Å². The van der Waals surface area contributed by atoms with Crippen LogP contribution in [-0.4, -0.2) is 39.9 Å². The highest BCUT2D eigenvalue weighted by Crippen LogP contribution is 2.44. The number of ether oxygens (including phenoxy) is 4. The minimum Gasteiger partial charge on any atom is -0.493 e. The maximum atomic E-state index is 13.9. The Labute approximate surface area is 212 Å². The molecule has 0 radical (unpaired) electrons. The lowest BCUT2D eigenvalue weighted by atomic mass is 9.78. The van der Waals surface area contributed by atoms with E-state index in [0.29, 0.717) is 17.9 Å². The molecule has 3 rings (SSSR count). The molecule has 0 aliphatic carbocycles. The molecule has 1 heterocycles. The zero-order valence-electron chi connectivity index (χ0n) is 21.1. The van der Waals surface area contributed by atoms with Gasteiger partial charge in [0.05, 0.1) is 50.6 Å². The smallest absolute Gasteiger partial charge is 0.416 e. The third-order valence-corrected chi connectivity index (χ3v) is 6.03. The molecule has 0 saturated heterocycles. The van der Waals surface area contributed by atoms with Crippen LogP contribution in [0.25, 0.3) is 0 Å². The van der Waals surface area contributed by atoms with Gasteiger partial charge in [-0.2, -0.15) is 13.2 Å². The van der Waals surface area contributed by atoms with Gasteiger partial charge in [0.15, 0.2) is 11.5 Å². The van der Waals surface area contributed by atoms with Crippen molar-refractivity contribution in [1.82, 2.24) is 5.32 Å². The Bertz CT molecular complexity index is 1250. The molecule has 1 aliphatic rings. The molecule has 1 atom stereocenters. The van der Waals surface area contributed by atoms with Crippen molar-refractivity contribution in [3.8, 4) is 11.5 Å². The van der Waals surface area contributed by atoms with E-state index < -0.39 is 29.6 Å². The number of hydrogen-bond donors (Lipinski definition) is 1. The topological polar surface area (TPSA) is 83.1 Å². The number of hydrogen-bond acceptors (Lipinski definition) is 7. The largest absolute Gasteiger partial charge is 0.493 e. The second-order valence-corrected chi connectivity index (χ2v) is 8.29. The van der Waals surface area contributed by atoms with Crippen molar-refractivity contribution in [1.29, 1.82) is 0 Å². The molecule has 0 amide bonds. The SMILES string of the molecule is COC(=O)C1=C(C)NC(C)=C(C(=O)OCCc2ccc(OC)c(OC)c2)[C@H]1c1ccccc1C(F)(F)F. The van der Waals surface area contributed by atoms with E-state index >= 15 is 0 Å². The number of rotatable bonds is 8. The van der Waals surface area contributed by atoms with Gasteiger partial charge in [0.25, 0.3) is 0 Å². The fourth-order valence-corrected chi connectivity index (χ4v) is 4.34. The fraction of sp³-hybridized carbons (Fsp3) is 0.333. The summed E-state index contributed by atoms with van der Waals surface area (Å²) < 4.78 is 62.7. The maximum Gasteiger partial charge on any atom is 0.416 e. The van der Waals surface area contributed by atoms with Crippen molar-refractivity contribution >= 4 is 11.9 Å². The summed E-state index contributed by atoms with van der Waals surface area (Å²) in [4.78, 5) is 26.0. The second-order valence-electron chi connectivity index (χ2n) is 8.29. The monoisotopic (exact) mass is 519 g/mol. The van der Waals surface area contributed by atoms with Gasteiger partial charge in [0, 0.05) is 17.8 Å². The zero-order chi connectivity index (χ0) is 27.3. The highest BCUT2D eigenvalue weighted by Gasteiger charge is 2.43. The molecule has 7 nitrogen and oxygen atoms in total. The van der Waals surface area contributed by atoms with Crippen molar-refractivity contribution in [2.24, 2.45) is 0 Å². The van der Waals surface area contributed by atoms with E-state index in [9.17, 15) is 22.8 Å². The highest BCUT2D eigenvalue weighted by molar-refractivity contribution is 6.00. The van der Waals surface area contributed by atoms with Gasteiger partial charge in [0.2, 0.25) is 0 Å². The molecule has 1 aliphatic heterocycles. The van der Waals surface area contributed by atoms with Gasteiger partial charge in [-0.25, -0.2) is 9.59 Å². The van der Waals surface area contributed by atoms with E-state index in [1.807, 2.05) is 0 Å². The molecule has 0 saturated carbocycles. The predicted molar refractivity (Wildman–Crippen MR) is 129 cm³/mol. The number of nitrogens with one attached hydrogen (secondary N) is 1. The summed E-state index contributed by atoms with van der Waals surface area (Å²) in [5.41, 5.74) is -0.0482. The molecule has 0 bridgehead atoms. The fourth-order valence-electron chi connectivity index (χ4n) is 4.34. The summed E-state index contributed by atoms with van der Waals surface area (Å²) in [6, 6.07) is 10.1. The molecule has 0 spiro atoms. The molecule has 2 aromatic carbocycles. The summed E-state index contributed by atoms with van der Waals surface area (Å²) in [7, 11) is 4.14. The van der Waals surface area contributed by atoms with Crippen LogP contribution in [0, 0.1) is 0 Å². The summed E-state index contributed by atoms with van der Waals surface area (Å²) in [6.07, 6.45) is -4.40. The van der Waals surface area contributed by atoms with Crippen LogP contribution in [0.1, 0.15) is 36.5 Å². The Morgan fingerprint density at radius 3 is 2.11 bits per heavy atom. The lowest BCUT2D eigenvalue weighted by molar-refractivity contribution is -0.141. The first-order valence-electron chi connectivity index (χ1n) is 11.3. The maximum absolute atomic E-state index is 13.9. The predicted octanol–water partition coefficient (Wildman–Crippen LogP) is 4.92. The molecule has 0 unspecified atom stereocenters. The summed E-state index contributed by atoms with van der Waals surface area (Å²) in [5.74, 6) is -1.99. The summed E-state index contributed by atoms with van der Waals surface area (Å²) in [5, 5.41) is 2.92. The second kappa shape index (κ2) is 11.4. The Hall–Kier alpha value is -3.95. The first kappa shape index (κ1) is 27.6. The van der Waals surface area contributed by atoms with Crippen LogP contribution in [0.3, 0.4) is 0 Å². The number of methoxy groups -OCH3 is 3. The Balaban J connectivity index is 1.96. The van der Waals surface area contributed by atoms with Crippen LogP contribution in [0.15, 0.2) is 65.0 Å². The highest BCUT2D eigenvalue weighted by atomic mass is 19.4. The minimum atomic E-state index is -4.72. The molecule has 198 valence electrons. The van der Waals surface area contributed by atoms with E-state index in [1.54, 1.807) is 25.1 Å². The third-order valence-electron chi connectivity index (χ3n) is 6.03. The van der Waals surface area contributed by atoms with Gasteiger partial charge in [-0.15, -0.1) is 0 Å². The molecular weight excluding hydrogens is 491 g/mol. The number of carbonyl (C=O) groups excluding carboxylic acids is 2. The third kappa shape index (κ3) is 5.90. The molecule has 37 heavy (non-hydrogen) atoms. The van der Waals surface area contributed by atoms with Crippen molar-refractivity contribution in [3.05, 3.63) is 81.7 Å². The number of benzene rings is 2. The normalized spacial score (nSPS) is 15.7. The number of halogens is 3. The molecule has 10 heteroatoms. The van der Waals surface area contributed by atoms with Crippen LogP contribution in [0.5, 0.6) is 11.5 Å². The van der Waals surface area contributed by atoms with Crippen LogP contribution >= 0.6 is 0 Å². The average molecular weight is 520 g/mol. The van der Waals surface area contributed by atoms with Crippen molar-refractivity contribution in [3.63, 3.8) is 0 Å². The van der Waals surface area contributed by atoms with E-state index in [-0.39, 0.29) is 34.7 Å². The molecule has 1 N–H and O–H groups in total. The van der Waals surface area contributed by atoms with Gasteiger partial charge in [-0.05, 0) is 43.2 Å². The molecule has 0 aromatic heterocycles. The van der Waals surface area contributed by atoms with E-state index in [2.05, 4.69) is 5.32 Å². The number of alkyl halides is 3. The summed E-state index contributed by atoms with van der Waals surface area (Å²) >= 11 is 0. The molecule has 0 fully saturated rings. The van der Waals surface area contributed by atoms with Crippen LogP contribution in [0.2, 0.25) is 0 Å². The zero-order valence-corrected chi connectivity index (χ0v) is 21.1. The number of allylic oxidation sites excluding steroid dienone is 2. The Kier molecular flexibility index (Phi) is 8.52. The lowest BCUT2D eigenvalue weighted by Gasteiger charge is -2.31. The first-order chi connectivity index (χ1) is 17.5. The average Bonchev–Trinajstić information content (AvgIpc) is 2.87. The lowest BCUT2D eigenvalue weighted by Crippen LogP contribution is -2.33. The molecule has 2 aromatic rings. The van der Waals surface area contributed by atoms with Gasteiger partial charge < -0.3 is 24.3 Å². The van der Waals surface area contributed by atoms with Crippen molar-refractivity contribution in [2.75, 3.05) is 27.9 Å². The van der Waals surface area contributed by atoms with E-state index in [0.717, 1.165) is 18.7 Å². The van der Waals surface area contributed by atoms with Gasteiger partial charge in [0.1, 0.15) is 0 Å². The standard InChI is InChI=1S/C27H28F3NO6/c1-15-22(25(32)36-5)24(18-8-6-7-9-19(18)27(28,29)30)23(16(2)31-15)26(33)37-13-12-17-10-11-20(34-3)21(14-17)35-4/h6-11,14,24,31H,12-13H2,1-5H3/t24-/m0/s1. The minimum absolute atomic E-state index is 0.0605. The number of carbonyl (C=O) groups is 2. The quantitative estimate of drug-likeness (QED) is 0.496. The van der Waals surface area contributed by atoms with Crippen LogP contribution in [-0.2, 0) is 31.7 Å². The number of esters is 2. The van der Waals surface area contributed by atoms with Crippen molar-refractivity contribution < 1.29 is 41.7 Å². The van der Waals surface area contributed by atoms with Crippen LogP contribution in [0.4, 0.5) is 13.2 Å². The van der Waals surface area contributed by atoms with Crippen LogP contribution < -0.4 is 14.8 Å².